The second kappa shape index (κ2) is 8.49. The fraction of sp³-hybridized carbons (Fsp3) is 0.632. The van der Waals surface area contributed by atoms with Gasteiger partial charge in [0, 0.05) is 26.6 Å². The van der Waals surface area contributed by atoms with Crippen molar-refractivity contribution in [2.45, 2.75) is 32.8 Å². The van der Waals surface area contributed by atoms with Gasteiger partial charge in [0.05, 0.1) is 0 Å². The summed E-state index contributed by atoms with van der Waals surface area (Å²) in [5.41, 5.74) is 2.18. The van der Waals surface area contributed by atoms with Gasteiger partial charge in [0.15, 0.2) is 0 Å². The number of nitrogens with zero attached hydrogens (tertiary/aromatic N) is 2. The molecule has 2 rings (SSSR count). The number of piperidine rings is 1. The predicted molar refractivity (Wildman–Crippen MR) is 95.3 cm³/mol. The van der Waals surface area contributed by atoms with E-state index in [4.69, 9.17) is 4.74 Å². The molecule has 1 aromatic carbocycles. The molecule has 0 aliphatic carbocycles. The van der Waals surface area contributed by atoms with Gasteiger partial charge in [-0.2, -0.15) is 0 Å². The summed E-state index contributed by atoms with van der Waals surface area (Å²) in [6.45, 7) is 6.62. The Morgan fingerprint density at radius 3 is 2.42 bits per heavy atom. The van der Waals surface area contributed by atoms with E-state index in [1.807, 2.05) is 46.1 Å². The molecule has 1 heterocycles. The topological polar surface area (TPSA) is 53.0 Å². The van der Waals surface area contributed by atoms with Crippen LogP contribution in [0.1, 0.15) is 24.0 Å². The van der Waals surface area contributed by atoms with Crippen molar-refractivity contribution in [1.82, 2.24) is 9.80 Å². The first kappa shape index (κ1) is 18.7. The van der Waals surface area contributed by atoms with E-state index in [-0.39, 0.29) is 11.8 Å². The van der Waals surface area contributed by atoms with Gasteiger partial charge in [0.2, 0.25) is 5.91 Å². The quantitative estimate of drug-likeness (QED) is 0.862. The first-order chi connectivity index (χ1) is 11.4. The van der Waals surface area contributed by atoms with Crippen LogP contribution in [0.25, 0.3) is 0 Å². The number of hydrogen-bond donors (Lipinski definition) is 1. The maximum atomic E-state index is 12.0. The lowest BCUT2D eigenvalue weighted by Crippen LogP contribution is -2.43. The normalized spacial score (nSPS) is 17.5. The van der Waals surface area contributed by atoms with Crippen LogP contribution in [0.3, 0.4) is 0 Å². The van der Waals surface area contributed by atoms with Gasteiger partial charge in [-0.05, 0) is 50.9 Å². The van der Waals surface area contributed by atoms with Gasteiger partial charge in [-0.15, -0.1) is 0 Å². The minimum Gasteiger partial charge on any atom is -0.490 e. The van der Waals surface area contributed by atoms with Crippen LogP contribution in [0.4, 0.5) is 0 Å². The highest BCUT2D eigenvalue weighted by atomic mass is 16.5. The molecule has 1 atom stereocenters. The lowest BCUT2D eigenvalue weighted by Gasteiger charge is -2.33. The molecule has 1 amide bonds. The first-order valence-corrected chi connectivity index (χ1v) is 8.69. The van der Waals surface area contributed by atoms with Crippen molar-refractivity contribution >= 4 is 5.91 Å². The summed E-state index contributed by atoms with van der Waals surface area (Å²) in [7, 11) is 3.62. The Hall–Kier alpha value is -1.59. The molecule has 24 heavy (non-hydrogen) atoms. The van der Waals surface area contributed by atoms with Crippen LogP contribution in [0.5, 0.6) is 5.75 Å². The van der Waals surface area contributed by atoms with Crippen LogP contribution in [-0.4, -0.2) is 67.3 Å². The zero-order chi connectivity index (χ0) is 17.7. The van der Waals surface area contributed by atoms with E-state index in [1.165, 1.54) is 0 Å². The Bertz CT molecular complexity index is 531. The van der Waals surface area contributed by atoms with Crippen LogP contribution in [0.2, 0.25) is 0 Å². The van der Waals surface area contributed by atoms with Gasteiger partial charge in [-0.25, -0.2) is 0 Å². The highest BCUT2D eigenvalue weighted by Gasteiger charge is 2.26. The molecule has 0 spiro atoms. The van der Waals surface area contributed by atoms with Gasteiger partial charge < -0.3 is 19.6 Å². The zero-order valence-electron chi connectivity index (χ0n) is 15.3. The molecule has 1 N–H and O–H groups in total. The van der Waals surface area contributed by atoms with Crippen molar-refractivity contribution in [3.05, 3.63) is 29.3 Å². The third-order valence-corrected chi connectivity index (χ3v) is 4.68. The monoisotopic (exact) mass is 334 g/mol. The van der Waals surface area contributed by atoms with Crippen molar-refractivity contribution in [2.24, 2.45) is 5.92 Å². The minimum atomic E-state index is -0.523. The largest absolute Gasteiger partial charge is 0.490 e. The molecule has 1 fully saturated rings. The van der Waals surface area contributed by atoms with E-state index in [0.29, 0.717) is 13.2 Å². The van der Waals surface area contributed by atoms with Gasteiger partial charge >= 0.3 is 0 Å². The van der Waals surface area contributed by atoms with E-state index in [0.717, 1.165) is 42.8 Å². The summed E-state index contributed by atoms with van der Waals surface area (Å²) in [5.74, 6) is 1.21. The number of β-amino-alcohol motifs (C(OH)–C–C–N with tert-alkyl or cyclic N) is 1. The average molecular weight is 334 g/mol. The molecule has 1 saturated heterocycles. The number of benzene rings is 1. The van der Waals surface area contributed by atoms with E-state index in [2.05, 4.69) is 4.90 Å². The lowest BCUT2D eigenvalue weighted by molar-refractivity contribution is -0.134. The molecule has 0 bridgehead atoms. The summed E-state index contributed by atoms with van der Waals surface area (Å²) in [6.07, 6.45) is 1.20. The number of rotatable bonds is 6. The highest BCUT2D eigenvalue weighted by Crippen LogP contribution is 2.23. The van der Waals surface area contributed by atoms with Crippen LogP contribution < -0.4 is 4.74 Å². The molecular weight excluding hydrogens is 304 g/mol. The fourth-order valence-electron chi connectivity index (χ4n) is 3.28. The summed E-state index contributed by atoms with van der Waals surface area (Å²) in [4.78, 5) is 15.9. The van der Waals surface area contributed by atoms with E-state index < -0.39 is 6.10 Å². The maximum Gasteiger partial charge on any atom is 0.225 e. The fourth-order valence-corrected chi connectivity index (χ4v) is 3.28. The average Bonchev–Trinajstić information content (AvgIpc) is 2.54. The minimum absolute atomic E-state index is 0.124. The van der Waals surface area contributed by atoms with Crippen molar-refractivity contribution in [3.63, 3.8) is 0 Å². The molecule has 1 aliphatic heterocycles. The van der Waals surface area contributed by atoms with Crippen molar-refractivity contribution < 1.29 is 14.6 Å². The number of carbonyl (C=O) groups is 1. The zero-order valence-corrected chi connectivity index (χ0v) is 15.3. The summed E-state index contributed by atoms with van der Waals surface area (Å²) in [6, 6.07) is 6.04. The van der Waals surface area contributed by atoms with Crippen LogP contribution in [-0.2, 0) is 4.79 Å². The molecule has 1 unspecified atom stereocenters. The lowest BCUT2D eigenvalue weighted by atomic mass is 9.95. The molecule has 0 radical (unpaired) electrons. The van der Waals surface area contributed by atoms with Gasteiger partial charge in [-0.3, -0.25) is 4.79 Å². The van der Waals surface area contributed by atoms with Crippen LogP contribution in [0.15, 0.2) is 18.2 Å². The Labute approximate surface area is 145 Å². The summed E-state index contributed by atoms with van der Waals surface area (Å²) in [5, 5.41) is 10.3. The van der Waals surface area contributed by atoms with E-state index in [9.17, 15) is 9.90 Å². The van der Waals surface area contributed by atoms with Gasteiger partial charge in [0.1, 0.15) is 18.5 Å². The number of aryl methyl sites for hydroxylation is 2. The Kier molecular flexibility index (Phi) is 6.63. The van der Waals surface area contributed by atoms with Gasteiger partial charge in [0.25, 0.3) is 0 Å². The standard InChI is InChI=1S/C19H30N2O3/c1-14-6-5-7-15(2)18(14)24-13-17(22)12-21-10-8-16(9-11-21)19(23)20(3)4/h5-7,16-17,22H,8-13H2,1-4H3. The maximum absolute atomic E-state index is 12.0. The number of aliphatic hydroxyl groups is 1. The number of amides is 1. The highest BCUT2D eigenvalue weighted by molar-refractivity contribution is 5.78. The number of carbonyl (C=O) groups excluding carboxylic acids is 1. The SMILES string of the molecule is Cc1cccc(C)c1OCC(O)CN1CCC(C(=O)N(C)C)CC1. The van der Waals surface area contributed by atoms with Crippen LogP contribution >= 0.6 is 0 Å². The smallest absolute Gasteiger partial charge is 0.225 e. The van der Waals surface area contributed by atoms with Crippen molar-refractivity contribution in [1.29, 1.82) is 0 Å². The Morgan fingerprint density at radius 2 is 1.88 bits per heavy atom. The molecule has 0 aromatic heterocycles. The van der Waals surface area contributed by atoms with Crippen molar-refractivity contribution in [2.75, 3.05) is 40.3 Å². The Morgan fingerprint density at radius 1 is 1.29 bits per heavy atom. The molecule has 5 nitrogen and oxygen atoms in total. The third-order valence-electron chi connectivity index (χ3n) is 4.68. The number of likely N-dealkylation sites (tertiary alicyclic amines) is 1. The number of hydrogen-bond acceptors (Lipinski definition) is 4. The Balaban J connectivity index is 1.76. The third kappa shape index (κ3) is 4.95. The van der Waals surface area contributed by atoms with E-state index >= 15 is 0 Å². The van der Waals surface area contributed by atoms with Gasteiger partial charge in [-0.1, -0.05) is 18.2 Å². The molecule has 0 saturated carbocycles. The number of para-hydroxylation sites is 1. The first-order valence-electron chi connectivity index (χ1n) is 8.69. The molecular formula is C19H30N2O3. The number of aliphatic hydroxyl groups excluding tert-OH is 1. The second-order valence-electron chi connectivity index (χ2n) is 6.99. The molecule has 1 aliphatic rings. The second-order valence-corrected chi connectivity index (χ2v) is 6.99. The van der Waals surface area contributed by atoms with Crippen LogP contribution in [0, 0.1) is 19.8 Å². The molecule has 1 aromatic rings. The predicted octanol–water partition coefficient (Wildman–Crippen LogP) is 1.84. The number of ether oxygens (including phenoxy) is 1. The molecule has 5 heteroatoms. The van der Waals surface area contributed by atoms with E-state index in [1.54, 1.807) is 4.90 Å². The molecule has 134 valence electrons. The summed E-state index contributed by atoms with van der Waals surface area (Å²) < 4.78 is 5.82. The van der Waals surface area contributed by atoms with Crippen molar-refractivity contribution in [3.8, 4) is 5.75 Å². The summed E-state index contributed by atoms with van der Waals surface area (Å²) >= 11 is 0.